The topological polar surface area (TPSA) is 91.4 Å². The lowest BCUT2D eigenvalue weighted by Crippen LogP contribution is -2.53. The van der Waals surface area contributed by atoms with E-state index in [2.05, 4.69) is 29.0 Å². The highest BCUT2D eigenvalue weighted by Gasteiger charge is 2.53. The first-order valence-corrected chi connectivity index (χ1v) is 13.4. The lowest BCUT2D eigenvalue weighted by Gasteiger charge is -2.38. The number of fused-ring (bicyclic) bond motifs is 1. The van der Waals surface area contributed by atoms with E-state index >= 15 is 0 Å². The number of hydrogen-bond acceptors (Lipinski definition) is 7. The van der Waals surface area contributed by atoms with Gasteiger partial charge in [-0.2, -0.15) is 0 Å². The fourth-order valence-corrected chi connectivity index (χ4v) is 5.62. The first-order valence-electron chi connectivity index (χ1n) is 13.4. The second-order valence-electron chi connectivity index (χ2n) is 11.9. The Labute approximate surface area is 220 Å². The average Bonchev–Trinajstić information content (AvgIpc) is 3.42. The number of anilines is 1. The van der Waals surface area contributed by atoms with Gasteiger partial charge in [0, 0.05) is 50.6 Å². The number of nitrogens with one attached hydrogen (secondary N) is 1. The molecule has 0 aliphatic carbocycles. The number of nitrogens with zero attached hydrogens (tertiary/aromatic N) is 3. The van der Waals surface area contributed by atoms with Gasteiger partial charge in [0.05, 0.1) is 6.54 Å². The highest BCUT2D eigenvalue weighted by atomic mass is 16.5. The Morgan fingerprint density at radius 3 is 2.32 bits per heavy atom. The van der Waals surface area contributed by atoms with Gasteiger partial charge in [-0.1, -0.05) is 20.8 Å². The number of carbonyl (C=O) groups is 3. The van der Waals surface area contributed by atoms with Crippen molar-refractivity contribution in [3.05, 3.63) is 29.8 Å². The lowest BCUT2D eigenvalue weighted by molar-refractivity contribution is -0.138. The Morgan fingerprint density at radius 2 is 1.76 bits per heavy atom. The Kier molecular flexibility index (Phi) is 8.26. The molecule has 2 amide bonds. The van der Waals surface area contributed by atoms with Crippen LogP contribution in [-0.4, -0.2) is 104 Å². The van der Waals surface area contributed by atoms with Gasteiger partial charge in [0.2, 0.25) is 5.91 Å². The van der Waals surface area contributed by atoms with Gasteiger partial charge in [0.15, 0.2) is 5.78 Å². The minimum atomic E-state index is -0.763. The molecule has 0 radical (unpaired) electrons. The molecule has 9 heteroatoms. The van der Waals surface area contributed by atoms with Gasteiger partial charge >= 0.3 is 0 Å². The molecule has 3 heterocycles. The standard InChI is InChI=1S/C28H42N4O5/c1-18(2)30-11-13-31(14-12-30)20-9-7-19(8-10-20)26(34)29-21(15-28(3,4)5)27(35)32-16-23(36-6)25-24(32)22(33)17-37-25/h7-10,18,21,23-25H,11-17H2,1-6H3,(H,29,34)/t21-,23-,24+,25+/m0/s1. The number of rotatable bonds is 7. The van der Waals surface area contributed by atoms with Crippen molar-refractivity contribution in [1.82, 2.24) is 15.1 Å². The first kappa shape index (κ1) is 27.5. The van der Waals surface area contributed by atoms with E-state index in [0.717, 1.165) is 31.9 Å². The number of hydrogen-bond donors (Lipinski definition) is 1. The summed E-state index contributed by atoms with van der Waals surface area (Å²) in [7, 11) is 1.56. The van der Waals surface area contributed by atoms with Crippen LogP contribution >= 0.6 is 0 Å². The van der Waals surface area contributed by atoms with E-state index in [0.29, 0.717) is 18.0 Å². The summed E-state index contributed by atoms with van der Waals surface area (Å²) in [4.78, 5) is 45.8. The fourth-order valence-electron chi connectivity index (χ4n) is 5.62. The third kappa shape index (κ3) is 6.16. The number of benzene rings is 1. The molecule has 1 aromatic carbocycles. The van der Waals surface area contributed by atoms with Crippen LogP contribution in [-0.2, 0) is 19.1 Å². The molecular formula is C28H42N4O5. The third-order valence-electron chi connectivity index (χ3n) is 7.68. The van der Waals surface area contributed by atoms with Gasteiger partial charge in [-0.25, -0.2) is 0 Å². The summed E-state index contributed by atoms with van der Waals surface area (Å²) >= 11 is 0. The van der Waals surface area contributed by atoms with Gasteiger partial charge in [0.25, 0.3) is 5.91 Å². The van der Waals surface area contributed by atoms with Gasteiger partial charge in [-0.15, -0.1) is 0 Å². The largest absolute Gasteiger partial charge is 0.377 e. The number of carbonyl (C=O) groups excluding carboxylic acids is 3. The Balaban J connectivity index is 1.45. The lowest BCUT2D eigenvalue weighted by atomic mass is 9.87. The number of ether oxygens (including phenoxy) is 2. The van der Waals surface area contributed by atoms with Gasteiger partial charge in [-0.05, 0) is 49.9 Å². The summed E-state index contributed by atoms with van der Waals surface area (Å²) in [5.74, 6) is -0.688. The normalized spacial score (nSPS) is 25.5. The summed E-state index contributed by atoms with van der Waals surface area (Å²) in [5.41, 5.74) is 1.38. The minimum absolute atomic E-state index is 0.0197. The van der Waals surface area contributed by atoms with Crippen molar-refractivity contribution in [2.45, 2.75) is 71.4 Å². The van der Waals surface area contributed by atoms with E-state index in [9.17, 15) is 14.4 Å². The van der Waals surface area contributed by atoms with E-state index in [4.69, 9.17) is 9.47 Å². The molecule has 0 unspecified atom stereocenters. The van der Waals surface area contributed by atoms with Crippen LogP contribution in [0.15, 0.2) is 24.3 Å². The predicted octanol–water partition coefficient (Wildman–Crippen LogP) is 1.95. The molecule has 4 atom stereocenters. The van der Waals surface area contributed by atoms with Crippen LogP contribution in [0, 0.1) is 5.41 Å². The second kappa shape index (κ2) is 11.1. The van der Waals surface area contributed by atoms with Crippen molar-refractivity contribution < 1.29 is 23.9 Å². The Bertz CT molecular complexity index is 981. The molecule has 4 rings (SSSR count). The monoisotopic (exact) mass is 514 g/mol. The molecule has 0 bridgehead atoms. The zero-order valence-corrected chi connectivity index (χ0v) is 23.0. The van der Waals surface area contributed by atoms with Gasteiger partial charge in [-0.3, -0.25) is 19.3 Å². The van der Waals surface area contributed by atoms with Crippen LogP contribution in [0.4, 0.5) is 5.69 Å². The maximum atomic E-state index is 13.7. The van der Waals surface area contributed by atoms with E-state index in [-0.39, 0.29) is 42.3 Å². The number of amides is 2. The molecule has 0 aromatic heterocycles. The third-order valence-corrected chi connectivity index (χ3v) is 7.68. The zero-order chi connectivity index (χ0) is 26.9. The van der Waals surface area contributed by atoms with Crippen molar-refractivity contribution in [2.75, 3.05) is 51.3 Å². The van der Waals surface area contributed by atoms with Crippen molar-refractivity contribution in [1.29, 1.82) is 0 Å². The molecule has 3 fully saturated rings. The number of Topliss-reactive ketones (excluding diaryl/α,β-unsaturated/α-hetero) is 1. The molecule has 1 aromatic rings. The number of piperazine rings is 1. The van der Waals surface area contributed by atoms with Crippen molar-refractivity contribution in [2.24, 2.45) is 5.41 Å². The van der Waals surface area contributed by atoms with Crippen molar-refractivity contribution in [3.63, 3.8) is 0 Å². The molecule has 3 aliphatic heterocycles. The fraction of sp³-hybridized carbons (Fsp3) is 0.679. The van der Waals surface area contributed by atoms with Crippen molar-refractivity contribution >= 4 is 23.3 Å². The minimum Gasteiger partial charge on any atom is -0.377 e. The number of likely N-dealkylation sites (tertiary alicyclic amines) is 1. The quantitative estimate of drug-likeness (QED) is 0.595. The highest BCUT2D eigenvalue weighted by Crippen LogP contribution is 2.31. The van der Waals surface area contributed by atoms with Crippen LogP contribution < -0.4 is 10.2 Å². The molecule has 3 aliphatic rings. The van der Waals surface area contributed by atoms with Crippen LogP contribution in [0.2, 0.25) is 0 Å². The maximum absolute atomic E-state index is 13.7. The van der Waals surface area contributed by atoms with E-state index in [1.54, 1.807) is 12.0 Å². The molecule has 37 heavy (non-hydrogen) atoms. The van der Waals surface area contributed by atoms with Crippen molar-refractivity contribution in [3.8, 4) is 0 Å². The number of ketones is 1. The van der Waals surface area contributed by atoms with E-state index < -0.39 is 18.2 Å². The molecule has 3 saturated heterocycles. The predicted molar refractivity (Wildman–Crippen MR) is 142 cm³/mol. The molecule has 9 nitrogen and oxygen atoms in total. The SMILES string of the molecule is CO[C@H]1CN(C(=O)[C@H](CC(C)(C)C)NC(=O)c2ccc(N3CCN(C(C)C)CC3)cc2)[C@@H]2C(=O)CO[C@H]12. The number of methoxy groups -OCH3 is 1. The molecule has 204 valence electrons. The molecule has 0 spiro atoms. The van der Waals surface area contributed by atoms with E-state index in [1.807, 2.05) is 45.0 Å². The summed E-state index contributed by atoms with van der Waals surface area (Å²) in [5, 5.41) is 2.97. The Hall–Kier alpha value is -2.49. The highest BCUT2D eigenvalue weighted by molar-refractivity contribution is 5.99. The molecule has 1 N–H and O–H groups in total. The summed E-state index contributed by atoms with van der Waals surface area (Å²) in [6, 6.07) is 6.71. The molecule has 0 saturated carbocycles. The summed E-state index contributed by atoms with van der Waals surface area (Å²) < 4.78 is 11.1. The first-order chi connectivity index (χ1) is 17.5. The zero-order valence-electron chi connectivity index (χ0n) is 23.0. The van der Waals surface area contributed by atoms with Crippen LogP contribution in [0.5, 0.6) is 0 Å². The summed E-state index contributed by atoms with van der Waals surface area (Å²) in [6.45, 7) is 14.7. The second-order valence-corrected chi connectivity index (χ2v) is 11.9. The van der Waals surface area contributed by atoms with E-state index in [1.165, 1.54) is 0 Å². The molecular weight excluding hydrogens is 472 g/mol. The Morgan fingerprint density at radius 1 is 1.11 bits per heavy atom. The summed E-state index contributed by atoms with van der Waals surface area (Å²) in [6.07, 6.45) is -0.375. The van der Waals surface area contributed by atoms with Crippen LogP contribution in [0.25, 0.3) is 0 Å². The van der Waals surface area contributed by atoms with Crippen LogP contribution in [0.1, 0.15) is 51.4 Å². The van der Waals surface area contributed by atoms with Gasteiger partial charge in [0.1, 0.15) is 30.9 Å². The average molecular weight is 515 g/mol. The van der Waals surface area contributed by atoms with Gasteiger partial charge < -0.3 is 24.6 Å². The smallest absolute Gasteiger partial charge is 0.251 e. The van der Waals surface area contributed by atoms with Crippen LogP contribution in [0.3, 0.4) is 0 Å². The maximum Gasteiger partial charge on any atom is 0.251 e.